The summed E-state index contributed by atoms with van der Waals surface area (Å²) in [6.07, 6.45) is 0. The van der Waals surface area contributed by atoms with Crippen LogP contribution in [-0.2, 0) is -0.565 Å². The molecule has 0 radical (unpaired) electrons. The number of hydrogen-bond acceptors (Lipinski definition) is 0. The topological polar surface area (TPSA) is 0 Å². The maximum atomic E-state index is 2.45. The van der Waals surface area contributed by atoms with Crippen LogP contribution in [0.1, 0.15) is 16.7 Å². The highest BCUT2D eigenvalue weighted by atomic mass is 127. The molecule has 1 aromatic rings. The van der Waals surface area contributed by atoms with E-state index < -0.39 is 0 Å². The molecule has 0 bridgehead atoms. The van der Waals surface area contributed by atoms with E-state index in [1.807, 2.05) is 0 Å². The molecule has 12 heavy (non-hydrogen) atoms. The molecule has 0 aliphatic carbocycles. The van der Waals surface area contributed by atoms with E-state index in [-0.39, 0.29) is -0.565 Å². The highest BCUT2D eigenvalue weighted by molar-refractivity contribution is 14.3. The molecule has 0 saturated carbocycles. The lowest BCUT2D eigenvalue weighted by Crippen LogP contribution is -2.00. The van der Waals surface area contributed by atoms with Crippen molar-refractivity contribution in [1.29, 1.82) is 0 Å². The van der Waals surface area contributed by atoms with Crippen molar-refractivity contribution in [3.8, 4) is 0 Å². The molecule has 3 heteroatoms. The molecule has 0 unspecified atom stereocenters. The number of halogens is 3. The second kappa shape index (κ2) is 4.29. The van der Waals surface area contributed by atoms with Crippen LogP contribution in [0.4, 0.5) is 0 Å². The Labute approximate surface area is 114 Å². The predicted octanol–water partition coefficient (Wildman–Crippen LogP) is 4.72. The molecule has 0 spiro atoms. The van der Waals surface area contributed by atoms with Gasteiger partial charge in [0.25, 0.3) is 0 Å². The first-order chi connectivity index (χ1) is 5.41. The highest BCUT2D eigenvalue weighted by Crippen LogP contribution is 2.47. The van der Waals surface area contributed by atoms with Crippen molar-refractivity contribution in [3.05, 3.63) is 34.9 Å². The minimum atomic E-state index is 0.186. The first kappa shape index (κ1) is 11.5. The summed E-state index contributed by atoms with van der Waals surface area (Å²) < 4.78 is 0.186. The van der Waals surface area contributed by atoms with Crippen molar-refractivity contribution >= 4 is 67.8 Å². The molecule has 0 heterocycles. The zero-order valence-electron chi connectivity index (χ0n) is 6.87. The van der Waals surface area contributed by atoms with Gasteiger partial charge in [-0.2, -0.15) is 0 Å². The van der Waals surface area contributed by atoms with Crippen LogP contribution in [0, 0.1) is 13.8 Å². The van der Waals surface area contributed by atoms with E-state index in [2.05, 4.69) is 99.8 Å². The van der Waals surface area contributed by atoms with E-state index in [0.717, 1.165) is 0 Å². The highest BCUT2D eigenvalue weighted by Gasteiger charge is 2.21. The largest absolute Gasteiger partial charge is 0.149 e. The summed E-state index contributed by atoms with van der Waals surface area (Å²) in [4.78, 5) is 0. The average molecular weight is 498 g/mol. The van der Waals surface area contributed by atoms with Crippen molar-refractivity contribution in [3.63, 3.8) is 0 Å². The summed E-state index contributed by atoms with van der Waals surface area (Å²) in [5.41, 5.74) is 4.13. The number of benzene rings is 1. The van der Waals surface area contributed by atoms with E-state index >= 15 is 0 Å². The van der Waals surface area contributed by atoms with Crippen molar-refractivity contribution in [2.45, 2.75) is 13.3 Å². The van der Waals surface area contributed by atoms with Gasteiger partial charge < -0.3 is 0 Å². The smallest absolute Gasteiger partial charge is 0.0589 e. The monoisotopic (exact) mass is 498 g/mol. The van der Waals surface area contributed by atoms with E-state index in [1.165, 1.54) is 16.7 Å². The minimum Gasteiger partial charge on any atom is -0.0589 e. The van der Waals surface area contributed by atoms with Crippen LogP contribution < -0.4 is 0 Å². The van der Waals surface area contributed by atoms with E-state index in [0.29, 0.717) is 0 Å². The van der Waals surface area contributed by atoms with Gasteiger partial charge in [0.1, 0.15) is -0.565 Å². The fourth-order valence-corrected chi connectivity index (χ4v) is 2.95. The first-order valence-electron chi connectivity index (χ1n) is 3.55. The van der Waals surface area contributed by atoms with E-state index in [4.69, 9.17) is 0 Å². The molecule has 0 fully saturated rings. The quantitative estimate of drug-likeness (QED) is 0.389. The van der Waals surface area contributed by atoms with Crippen LogP contribution in [0.3, 0.4) is 0 Å². The normalized spacial score (nSPS) is 11.8. The summed E-state index contributed by atoms with van der Waals surface area (Å²) in [6, 6.07) is 6.63. The Bertz CT molecular complexity index is 286. The van der Waals surface area contributed by atoms with Gasteiger partial charge in [-0.15, -0.1) is 0 Å². The zero-order valence-corrected chi connectivity index (χ0v) is 13.3. The molecule has 0 aliphatic heterocycles. The molecule has 0 N–H and O–H groups in total. The predicted molar refractivity (Wildman–Crippen MR) is 79.7 cm³/mol. The number of rotatable bonds is 1. The summed E-state index contributed by atoms with van der Waals surface area (Å²) >= 11 is 7.36. The fraction of sp³-hybridized carbons (Fsp3) is 0.333. The lowest BCUT2D eigenvalue weighted by atomic mass is 10.1. The first-order valence-corrected chi connectivity index (χ1v) is 6.79. The Morgan fingerprint density at radius 1 is 1.08 bits per heavy atom. The number of hydrogen-bond donors (Lipinski definition) is 0. The molecule has 66 valence electrons. The average Bonchev–Trinajstić information content (AvgIpc) is 1.83. The molecule has 0 aromatic heterocycles. The van der Waals surface area contributed by atoms with Crippen molar-refractivity contribution in [1.82, 2.24) is 0 Å². The van der Waals surface area contributed by atoms with Gasteiger partial charge in [0, 0.05) is 0 Å². The van der Waals surface area contributed by atoms with Gasteiger partial charge in [0.2, 0.25) is 0 Å². The Kier molecular flexibility index (Phi) is 4.10. The molecule has 0 atom stereocenters. The minimum absolute atomic E-state index is 0.186. The number of aryl methyl sites for hydroxylation is 2. The standard InChI is InChI=1S/C9H9I3/c1-6-3-4-8(7(2)5-6)9(10,11)12/h3-5H,1-2H3. The SMILES string of the molecule is Cc1ccc(C(I)(I)I)c(C)c1. The molecule has 1 rings (SSSR count). The maximum Gasteiger partial charge on any atom is 0.149 e. The van der Waals surface area contributed by atoms with Crippen molar-refractivity contribution < 1.29 is 0 Å². The van der Waals surface area contributed by atoms with Gasteiger partial charge in [0.15, 0.2) is 0 Å². The maximum absolute atomic E-state index is 2.45. The number of alkyl halides is 3. The van der Waals surface area contributed by atoms with Gasteiger partial charge in [-0.1, -0.05) is 23.8 Å². The third-order valence-corrected chi connectivity index (χ3v) is 3.43. The summed E-state index contributed by atoms with van der Waals surface area (Å²) in [5.74, 6) is 0. The second-order valence-electron chi connectivity index (χ2n) is 2.82. The molecule has 1 aromatic carbocycles. The van der Waals surface area contributed by atoms with Crippen LogP contribution in [0.2, 0.25) is 0 Å². The van der Waals surface area contributed by atoms with Crippen LogP contribution >= 0.6 is 67.8 Å². The Morgan fingerprint density at radius 3 is 2.08 bits per heavy atom. The third kappa shape index (κ3) is 2.97. The van der Waals surface area contributed by atoms with Crippen molar-refractivity contribution in [2.24, 2.45) is 0 Å². The Hall–Kier alpha value is 1.41. The molecule has 0 saturated heterocycles. The van der Waals surface area contributed by atoms with Crippen LogP contribution in [0.15, 0.2) is 18.2 Å². The molecule has 0 amide bonds. The lowest BCUT2D eigenvalue weighted by Gasteiger charge is -2.16. The summed E-state index contributed by atoms with van der Waals surface area (Å²) in [7, 11) is 0. The Balaban J connectivity index is 3.19. The van der Waals surface area contributed by atoms with Crippen LogP contribution in [0.5, 0.6) is 0 Å². The van der Waals surface area contributed by atoms with Gasteiger partial charge >= 0.3 is 0 Å². The van der Waals surface area contributed by atoms with E-state index in [1.54, 1.807) is 0 Å². The fourth-order valence-electron chi connectivity index (χ4n) is 1.13. The van der Waals surface area contributed by atoms with Crippen molar-refractivity contribution in [2.75, 3.05) is 0 Å². The zero-order chi connectivity index (χ0) is 9.35. The summed E-state index contributed by atoms with van der Waals surface area (Å²) in [6.45, 7) is 4.30. The Morgan fingerprint density at radius 2 is 1.67 bits per heavy atom. The molecular formula is C9H9I3. The van der Waals surface area contributed by atoms with Gasteiger partial charge in [-0.25, -0.2) is 0 Å². The summed E-state index contributed by atoms with van der Waals surface area (Å²) in [5, 5.41) is 0. The van der Waals surface area contributed by atoms with Crippen LogP contribution in [-0.4, -0.2) is 0 Å². The van der Waals surface area contributed by atoms with Gasteiger partial charge in [0.05, 0.1) is 0 Å². The van der Waals surface area contributed by atoms with Crippen LogP contribution in [0.25, 0.3) is 0 Å². The lowest BCUT2D eigenvalue weighted by molar-refractivity contribution is 1.28. The molecule has 0 aliphatic rings. The van der Waals surface area contributed by atoms with E-state index in [9.17, 15) is 0 Å². The third-order valence-electron chi connectivity index (χ3n) is 1.69. The second-order valence-corrected chi connectivity index (χ2v) is 13.9. The molecule has 0 nitrogen and oxygen atoms in total. The molecular weight excluding hydrogens is 489 g/mol. The van der Waals surface area contributed by atoms with Gasteiger partial charge in [-0.3, -0.25) is 0 Å². The van der Waals surface area contributed by atoms with Gasteiger partial charge in [-0.05, 0) is 92.7 Å².